The van der Waals surface area contributed by atoms with Crippen molar-refractivity contribution in [2.75, 3.05) is 7.05 Å². The van der Waals surface area contributed by atoms with E-state index in [9.17, 15) is 14.4 Å². The molecule has 0 spiro atoms. The predicted octanol–water partition coefficient (Wildman–Crippen LogP) is -1.17. The summed E-state index contributed by atoms with van der Waals surface area (Å²) in [5, 5.41) is 26.5. The Morgan fingerprint density at radius 2 is 1.87 bits per heavy atom. The Morgan fingerprint density at radius 3 is 1.93 bits per heavy atom. The van der Waals surface area contributed by atoms with Crippen LogP contribution in [0.3, 0.4) is 0 Å². The first-order chi connectivity index (χ1) is 6.84. The number of aliphatic carboxylic acids is 2. The number of carboxylic acids is 2. The van der Waals surface area contributed by atoms with E-state index in [4.69, 9.17) is 15.3 Å². The fourth-order valence-electron chi connectivity index (χ4n) is 0.355. The van der Waals surface area contributed by atoms with Crippen molar-refractivity contribution in [3.63, 3.8) is 0 Å². The fraction of sp³-hybridized carbons (Fsp3) is 0.375. The molecule has 7 heteroatoms. The minimum absolute atomic E-state index is 0.144. The summed E-state index contributed by atoms with van der Waals surface area (Å²) in [6, 6.07) is 0. The third kappa shape index (κ3) is 12.1. The summed E-state index contributed by atoms with van der Waals surface area (Å²) in [6.07, 6.45) is -1.32. The highest BCUT2D eigenvalue weighted by Crippen LogP contribution is 1.89. The molecule has 0 aliphatic rings. The molecule has 0 aromatic heterocycles. The number of hydrogen-bond acceptors (Lipinski definition) is 4. The lowest BCUT2D eigenvalue weighted by atomic mass is 10.3. The second-order valence-corrected chi connectivity index (χ2v) is 2.27. The van der Waals surface area contributed by atoms with Gasteiger partial charge in [-0.15, -0.1) is 0 Å². The summed E-state index contributed by atoms with van der Waals surface area (Å²) in [5.41, 5.74) is 0. The van der Waals surface area contributed by atoms with Crippen LogP contribution in [-0.2, 0) is 14.4 Å². The van der Waals surface area contributed by atoms with Crippen molar-refractivity contribution in [1.82, 2.24) is 5.32 Å². The van der Waals surface area contributed by atoms with Gasteiger partial charge < -0.3 is 20.6 Å². The van der Waals surface area contributed by atoms with Crippen molar-refractivity contribution in [3.8, 4) is 0 Å². The van der Waals surface area contributed by atoms with Crippen LogP contribution in [0.25, 0.3) is 0 Å². The maximum atomic E-state index is 9.95. The lowest BCUT2D eigenvalue weighted by Gasteiger charge is -1.97. The van der Waals surface area contributed by atoms with Gasteiger partial charge in [0.25, 0.3) is 0 Å². The third-order valence-electron chi connectivity index (χ3n) is 1.08. The molecule has 0 heterocycles. The van der Waals surface area contributed by atoms with Crippen LogP contribution in [-0.4, -0.2) is 46.3 Å². The number of carbonyl (C=O) groups excluding carboxylic acids is 1. The van der Waals surface area contributed by atoms with E-state index in [0.717, 1.165) is 0 Å². The topological polar surface area (TPSA) is 124 Å². The number of aliphatic hydroxyl groups excluding tert-OH is 1. The van der Waals surface area contributed by atoms with Crippen LogP contribution in [0, 0.1) is 0 Å². The molecule has 0 radical (unpaired) electrons. The van der Waals surface area contributed by atoms with Gasteiger partial charge in [-0.3, -0.25) is 9.59 Å². The van der Waals surface area contributed by atoms with E-state index in [1.807, 2.05) is 0 Å². The van der Waals surface area contributed by atoms with Crippen molar-refractivity contribution in [2.45, 2.75) is 12.5 Å². The number of likely N-dealkylation sites (N-methyl/N-ethyl adjacent to an activating group) is 1. The second kappa shape index (κ2) is 8.70. The monoisotopic (exact) mass is 219 g/mol. The molecule has 4 N–H and O–H groups in total. The first-order valence-corrected chi connectivity index (χ1v) is 3.82. The van der Waals surface area contributed by atoms with Crippen LogP contribution in [0.4, 0.5) is 0 Å². The Balaban J connectivity index is 0. The summed E-state index contributed by atoms with van der Waals surface area (Å²) in [7, 11) is 1.56. The van der Waals surface area contributed by atoms with Gasteiger partial charge in [0.15, 0.2) is 6.10 Å². The summed E-state index contributed by atoms with van der Waals surface area (Å²) in [5.74, 6) is -2.99. The highest BCUT2D eigenvalue weighted by Gasteiger charge is 2.16. The number of aliphatic hydroxyl groups is 1. The van der Waals surface area contributed by atoms with E-state index in [1.54, 1.807) is 7.05 Å². The molecule has 0 aromatic rings. The zero-order valence-corrected chi connectivity index (χ0v) is 8.14. The first-order valence-electron chi connectivity index (χ1n) is 3.82. The van der Waals surface area contributed by atoms with Crippen molar-refractivity contribution in [1.29, 1.82) is 0 Å². The molecule has 1 amide bonds. The average Bonchev–Trinajstić information content (AvgIpc) is 2.16. The van der Waals surface area contributed by atoms with Crippen LogP contribution in [0.15, 0.2) is 12.7 Å². The Labute approximate surface area is 86.0 Å². The molecule has 0 aliphatic carbocycles. The number of nitrogens with one attached hydrogen (secondary N) is 1. The third-order valence-corrected chi connectivity index (χ3v) is 1.08. The molecule has 0 rings (SSSR count). The van der Waals surface area contributed by atoms with Crippen molar-refractivity contribution >= 4 is 17.8 Å². The van der Waals surface area contributed by atoms with Gasteiger partial charge in [0.2, 0.25) is 5.91 Å². The van der Waals surface area contributed by atoms with Gasteiger partial charge in [0, 0.05) is 7.05 Å². The summed E-state index contributed by atoms with van der Waals surface area (Å²) < 4.78 is 0. The molecule has 0 aromatic carbocycles. The van der Waals surface area contributed by atoms with Crippen molar-refractivity contribution < 1.29 is 29.7 Å². The number of carboxylic acid groups (broad SMARTS) is 2. The normalized spacial score (nSPS) is 10.3. The molecular formula is C8H13NO6. The first kappa shape index (κ1) is 15.6. The van der Waals surface area contributed by atoms with Crippen LogP contribution in [0.1, 0.15) is 6.42 Å². The minimum atomic E-state index is -1.79. The molecular weight excluding hydrogens is 206 g/mol. The van der Waals surface area contributed by atoms with Gasteiger partial charge in [-0.2, -0.15) is 0 Å². The molecule has 0 bridgehead atoms. The maximum Gasteiger partial charge on any atom is 0.333 e. The van der Waals surface area contributed by atoms with Gasteiger partial charge >= 0.3 is 11.9 Å². The van der Waals surface area contributed by atoms with Gasteiger partial charge in [-0.05, 0) is 6.08 Å². The highest BCUT2D eigenvalue weighted by molar-refractivity contribution is 5.86. The standard InChI is InChI=1S/C4H7NO.C4H6O5/c1-3-4(6)5-2;5-2(4(8)9)1-3(6)7/h3H,1H2,2H3,(H,5,6);2,5H,1H2,(H,6,7)(H,8,9). The van der Waals surface area contributed by atoms with Gasteiger partial charge in [0.05, 0.1) is 6.42 Å². The molecule has 0 saturated carbocycles. The van der Waals surface area contributed by atoms with Crippen molar-refractivity contribution in [3.05, 3.63) is 12.7 Å². The van der Waals surface area contributed by atoms with E-state index in [0.29, 0.717) is 0 Å². The smallest absolute Gasteiger partial charge is 0.333 e. The van der Waals surface area contributed by atoms with Gasteiger partial charge in [-0.1, -0.05) is 6.58 Å². The summed E-state index contributed by atoms with van der Waals surface area (Å²) in [6.45, 7) is 3.22. The van der Waals surface area contributed by atoms with E-state index in [-0.39, 0.29) is 5.91 Å². The van der Waals surface area contributed by atoms with Gasteiger partial charge in [-0.25, -0.2) is 4.79 Å². The van der Waals surface area contributed by atoms with Crippen LogP contribution < -0.4 is 5.32 Å². The predicted molar refractivity (Wildman–Crippen MR) is 50.2 cm³/mol. The SMILES string of the molecule is C=CC(=O)NC.O=C(O)CC(O)C(=O)O. The number of hydrogen-bond donors (Lipinski definition) is 4. The molecule has 15 heavy (non-hydrogen) atoms. The number of rotatable bonds is 4. The number of carbonyl (C=O) groups is 3. The van der Waals surface area contributed by atoms with E-state index < -0.39 is 24.5 Å². The summed E-state index contributed by atoms with van der Waals surface area (Å²) >= 11 is 0. The lowest BCUT2D eigenvalue weighted by Crippen LogP contribution is -2.22. The average molecular weight is 219 g/mol. The molecule has 86 valence electrons. The zero-order valence-electron chi connectivity index (χ0n) is 8.14. The molecule has 0 fully saturated rings. The molecule has 0 aliphatic heterocycles. The highest BCUT2D eigenvalue weighted by atomic mass is 16.4. The Hall–Kier alpha value is -1.89. The van der Waals surface area contributed by atoms with E-state index in [1.165, 1.54) is 6.08 Å². The number of amides is 1. The Bertz CT molecular complexity index is 250. The summed E-state index contributed by atoms with van der Waals surface area (Å²) in [4.78, 5) is 29.4. The van der Waals surface area contributed by atoms with Crippen molar-refractivity contribution in [2.24, 2.45) is 0 Å². The lowest BCUT2D eigenvalue weighted by molar-refractivity contribution is -0.152. The molecule has 7 nitrogen and oxygen atoms in total. The van der Waals surface area contributed by atoms with Crippen LogP contribution in [0.5, 0.6) is 0 Å². The van der Waals surface area contributed by atoms with E-state index >= 15 is 0 Å². The quantitative estimate of drug-likeness (QED) is 0.441. The molecule has 1 unspecified atom stereocenters. The Morgan fingerprint density at radius 1 is 1.40 bits per heavy atom. The van der Waals surface area contributed by atoms with Crippen LogP contribution in [0.2, 0.25) is 0 Å². The van der Waals surface area contributed by atoms with E-state index in [2.05, 4.69) is 11.9 Å². The van der Waals surface area contributed by atoms with Crippen LogP contribution >= 0.6 is 0 Å². The minimum Gasteiger partial charge on any atom is -0.481 e. The van der Waals surface area contributed by atoms with Gasteiger partial charge in [0.1, 0.15) is 0 Å². The maximum absolute atomic E-state index is 9.95. The Kier molecular flexibility index (Phi) is 9.03. The second-order valence-electron chi connectivity index (χ2n) is 2.27. The zero-order chi connectivity index (χ0) is 12.4. The molecule has 1 atom stereocenters. The molecule has 0 saturated heterocycles. The largest absolute Gasteiger partial charge is 0.481 e. The fourth-order valence-corrected chi connectivity index (χ4v) is 0.355.